The Morgan fingerprint density at radius 1 is 1.04 bits per heavy atom. The first-order chi connectivity index (χ1) is 11.7. The standard InChI is InChI=1S/C20H28N2O2/c23-19(24-20-10-13-22(14-11-20)15-12-20)21-18-9-5-4-8-17(18)16-6-2-1-3-7-16/h1-3,6-7,17-18H,4-5,8-15H2,(H,21,23)/t17-,18+/m0/s1. The smallest absolute Gasteiger partial charge is 0.407 e. The first-order valence-electron chi connectivity index (χ1n) is 9.51. The van der Waals surface area contributed by atoms with Gasteiger partial charge in [0.25, 0.3) is 0 Å². The molecule has 0 radical (unpaired) electrons. The second-order valence-electron chi connectivity index (χ2n) is 7.72. The lowest BCUT2D eigenvalue weighted by Gasteiger charge is -2.47. The number of ether oxygens (including phenoxy) is 1. The largest absolute Gasteiger partial charge is 0.443 e. The number of nitrogens with one attached hydrogen (secondary N) is 1. The van der Waals surface area contributed by atoms with E-state index in [0.717, 1.165) is 51.7 Å². The Bertz CT molecular complexity index is 552. The van der Waals surface area contributed by atoms with Gasteiger partial charge in [-0.05, 0) is 18.4 Å². The van der Waals surface area contributed by atoms with E-state index in [0.29, 0.717) is 5.92 Å². The van der Waals surface area contributed by atoms with Crippen LogP contribution in [-0.2, 0) is 4.74 Å². The molecule has 1 saturated carbocycles. The Morgan fingerprint density at radius 2 is 1.71 bits per heavy atom. The zero-order valence-electron chi connectivity index (χ0n) is 14.4. The highest BCUT2D eigenvalue weighted by Crippen LogP contribution is 2.36. The molecule has 2 atom stereocenters. The summed E-state index contributed by atoms with van der Waals surface area (Å²) in [5, 5.41) is 3.22. The molecule has 0 unspecified atom stereocenters. The van der Waals surface area contributed by atoms with E-state index in [4.69, 9.17) is 4.74 Å². The molecule has 3 aliphatic heterocycles. The second kappa shape index (κ2) is 6.75. The first-order valence-corrected chi connectivity index (χ1v) is 9.51. The summed E-state index contributed by atoms with van der Waals surface area (Å²) in [6.45, 7) is 3.22. The van der Waals surface area contributed by atoms with Gasteiger partial charge in [-0.1, -0.05) is 43.2 Å². The lowest BCUT2D eigenvalue weighted by Crippen LogP contribution is -2.56. The molecule has 3 saturated heterocycles. The molecular formula is C20H28N2O2. The van der Waals surface area contributed by atoms with Crippen molar-refractivity contribution in [2.75, 3.05) is 19.6 Å². The number of carbonyl (C=O) groups is 1. The number of hydrogen-bond donors (Lipinski definition) is 1. The number of rotatable bonds is 3. The number of piperidine rings is 3. The maximum Gasteiger partial charge on any atom is 0.407 e. The average Bonchev–Trinajstić information content (AvgIpc) is 2.64. The zero-order valence-corrected chi connectivity index (χ0v) is 14.4. The molecule has 0 aromatic heterocycles. The molecule has 130 valence electrons. The Balaban J connectivity index is 1.40. The third kappa shape index (κ3) is 3.30. The van der Waals surface area contributed by atoms with Gasteiger partial charge in [-0.15, -0.1) is 0 Å². The molecule has 3 heterocycles. The topological polar surface area (TPSA) is 41.6 Å². The van der Waals surface area contributed by atoms with Crippen molar-refractivity contribution in [3.05, 3.63) is 35.9 Å². The van der Waals surface area contributed by atoms with Crippen LogP contribution >= 0.6 is 0 Å². The van der Waals surface area contributed by atoms with Gasteiger partial charge in [0.05, 0.1) is 0 Å². The molecule has 4 nitrogen and oxygen atoms in total. The van der Waals surface area contributed by atoms with Gasteiger partial charge < -0.3 is 15.0 Å². The van der Waals surface area contributed by atoms with E-state index < -0.39 is 0 Å². The third-order valence-corrected chi connectivity index (χ3v) is 6.26. The molecule has 2 bridgehead atoms. The summed E-state index contributed by atoms with van der Waals surface area (Å²) in [7, 11) is 0. The van der Waals surface area contributed by atoms with E-state index in [2.05, 4.69) is 40.5 Å². The van der Waals surface area contributed by atoms with Crippen LogP contribution in [-0.4, -0.2) is 42.3 Å². The number of amides is 1. The number of nitrogens with zero attached hydrogens (tertiary/aromatic N) is 1. The molecule has 1 aromatic carbocycles. The highest BCUT2D eigenvalue weighted by atomic mass is 16.6. The highest BCUT2D eigenvalue weighted by Gasteiger charge is 2.43. The van der Waals surface area contributed by atoms with Crippen molar-refractivity contribution in [2.24, 2.45) is 0 Å². The van der Waals surface area contributed by atoms with Crippen LogP contribution in [0, 0.1) is 0 Å². The maximum absolute atomic E-state index is 12.6. The Morgan fingerprint density at radius 3 is 2.42 bits per heavy atom. The van der Waals surface area contributed by atoms with Crippen LogP contribution in [0.4, 0.5) is 4.79 Å². The number of fused-ring (bicyclic) bond motifs is 3. The van der Waals surface area contributed by atoms with Crippen molar-refractivity contribution in [2.45, 2.75) is 62.5 Å². The van der Waals surface area contributed by atoms with Crippen LogP contribution < -0.4 is 5.32 Å². The van der Waals surface area contributed by atoms with Crippen molar-refractivity contribution in [1.29, 1.82) is 0 Å². The quantitative estimate of drug-likeness (QED) is 0.920. The molecule has 5 rings (SSSR count). The summed E-state index contributed by atoms with van der Waals surface area (Å²) in [5.41, 5.74) is 1.14. The van der Waals surface area contributed by atoms with Gasteiger partial charge in [0.1, 0.15) is 5.60 Å². The summed E-state index contributed by atoms with van der Waals surface area (Å²) >= 11 is 0. The normalized spacial score (nSPS) is 35.4. The minimum atomic E-state index is -0.199. The van der Waals surface area contributed by atoms with Crippen molar-refractivity contribution in [3.63, 3.8) is 0 Å². The second-order valence-corrected chi connectivity index (χ2v) is 7.72. The minimum absolute atomic E-state index is 0.196. The molecule has 1 N–H and O–H groups in total. The molecule has 1 aliphatic carbocycles. The van der Waals surface area contributed by atoms with E-state index >= 15 is 0 Å². The molecule has 4 heteroatoms. The van der Waals surface area contributed by atoms with Crippen LogP contribution in [0.2, 0.25) is 0 Å². The number of hydrogen-bond acceptors (Lipinski definition) is 3. The summed E-state index contributed by atoms with van der Waals surface area (Å²) in [6, 6.07) is 10.8. The monoisotopic (exact) mass is 328 g/mol. The van der Waals surface area contributed by atoms with Gasteiger partial charge in [-0.2, -0.15) is 0 Å². The molecule has 1 amide bonds. The lowest BCUT2D eigenvalue weighted by molar-refractivity contribution is -0.0794. The molecule has 4 fully saturated rings. The van der Waals surface area contributed by atoms with E-state index in [1.54, 1.807) is 0 Å². The minimum Gasteiger partial charge on any atom is -0.443 e. The summed E-state index contributed by atoms with van der Waals surface area (Å²) < 4.78 is 5.98. The summed E-state index contributed by atoms with van der Waals surface area (Å²) in [5.74, 6) is 0.415. The third-order valence-electron chi connectivity index (χ3n) is 6.26. The van der Waals surface area contributed by atoms with Crippen LogP contribution in [0.1, 0.15) is 56.4 Å². The fourth-order valence-electron chi connectivity index (χ4n) is 4.73. The average molecular weight is 328 g/mol. The number of benzene rings is 1. The SMILES string of the molecule is O=C(N[C@@H]1CCCC[C@H]1c1ccccc1)OC12CCN(CC1)CC2. The Hall–Kier alpha value is -1.55. The van der Waals surface area contributed by atoms with Gasteiger partial charge in [0, 0.05) is 50.9 Å². The highest BCUT2D eigenvalue weighted by molar-refractivity contribution is 5.68. The number of alkyl carbamates (subject to hydrolysis) is 1. The van der Waals surface area contributed by atoms with Gasteiger partial charge in [0.15, 0.2) is 0 Å². The van der Waals surface area contributed by atoms with Crippen LogP contribution in [0.5, 0.6) is 0 Å². The van der Waals surface area contributed by atoms with Gasteiger partial charge >= 0.3 is 6.09 Å². The van der Waals surface area contributed by atoms with E-state index in [9.17, 15) is 4.79 Å². The van der Waals surface area contributed by atoms with Crippen LogP contribution in [0.15, 0.2) is 30.3 Å². The summed E-state index contributed by atoms with van der Waals surface area (Å²) in [6.07, 6.45) is 7.41. The summed E-state index contributed by atoms with van der Waals surface area (Å²) in [4.78, 5) is 15.1. The number of carbonyl (C=O) groups excluding carboxylic acids is 1. The van der Waals surface area contributed by atoms with Gasteiger partial charge in [-0.25, -0.2) is 4.79 Å². The molecular weight excluding hydrogens is 300 g/mol. The maximum atomic E-state index is 12.6. The predicted octanol–water partition coefficient (Wildman–Crippen LogP) is 3.68. The molecule has 4 aliphatic rings. The molecule has 24 heavy (non-hydrogen) atoms. The molecule has 0 spiro atoms. The molecule has 1 aromatic rings. The Kier molecular flexibility index (Phi) is 4.49. The van der Waals surface area contributed by atoms with Gasteiger partial charge in [0.2, 0.25) is 0 Å². The first kappa shape index (κ1) is 15.9. The Labute approximate surface area is 144 Å². The fourth-order valence-corrected chi connectivity index (χ4v) is 4.73. The van der Waals surface area contributed by atoms with Gasteiger partial charge in [-0.3, -0.25) is 0 Å². The van der Waals surface area contributed by atoms with Crippen LogP contribution in [0.3, 0.4) is 0 Å². The van der Waals surface area contributed by atoms with E-state index in [1.807, 2.05) is 0 Å². The van der Waals surface area contributed by atoms with E-state index in [-0.39, 0.29) is 17.7 Å². The van der Waals surface area contributed by atoms with Crippen molar-refractivity contribution >= 4 is 6.09 Å². The zero-order chi connectivity index (χ0) is 16.4. The predicted molar refractivity (Wildman–Crippen MR) is 94.1 cm³/mol. The van der Waals surface area contributed by atoms with Crippen molar-refractivity contribution in [3.8, 4) is 0 Å². The lowest BCUT2D eigenvalue weighted by atomic mass is 9.80. The van der Waals surface area contributed by atoms with Crippen molar-refractivity contribution < 1.29 is 9.53 Å². The van der Waals surface area contributed by atoms with Crippen LogP contribution in [0.25, 0.3) is 0 Å². The van der Waals surface area contributed by atoms with E-state index in [1.165, 1.54) is 18.4 Å². The fraction of sp³-hybridized carbons (Fsp3) is 0.650. The van der Waals surface area contributed by atoms with Crippen molar-refractivity contribution in [1.82, 2.24) is 10.2 Å².